The highest BCUT2D eigenvalue weighted by molar-refractivity contribution is 7.17. The van der Waals surface area contributed by atoms with Crippen molar-refractivity contribution >= 4 is 39.6 Å². The van der Waals surface area contributed by atoms with Crippen LogP contribution in [0.1, 0.15) is 57.8 Å². The van der Waals surface area contributed by atoms with E-state index < -0.39 is 0 Å². The monoisotopic (exact) mass is 456 g/mol. The summed E-state index contributed by atoms with van der Waals surface area (Å²) in [6.45, 7) is 8.95. The third kappa shape index (κ3) is 4.61. The van der Waals surface area contributed by atoms with Crippen LogP contribution in [0.3, 0.4) is 0 Å². The number of nitrogens with two attached hydrogens (primary N) is 1. The van der Waals surface area contributed by atoms with E-state index in [1.807, 2.05) is 12.1 Å². The molecule has 3 N–H and O–H groups in total. The SMILES string of the molecule is CCOC(=O)c1c(NC(=O)c2cc(N)ccc2N2CCN(CC)CC2)sc2c1CCCC2. The summed E-state index contributed by atoms with van der Waals surface area (Å²) in [6.07, 6.45) is 3.94. The number of benzene rings is 1. The van der Waals surface area contributed by atoms with Crippen LogP contribution in [0, 0.1) is 0 Å². The number of hydrogen-bond donors (Lipinski definition) is 2. The van der Waals surface area contributed by atoms with E-state index in [-0.39, 0.29) is 11.9 Å². The zero-order valence-electron chi connectivity index (χ0n) is 18.9. The van der Waals surface area contributed by atoms with E-state index in [1.54, 1.807) is 13.0 Å². The molecule has 0 atom stereocenters. The lowest BCUT2D eigenvalue weighted by molar-refractivity contribution is 0.0526. The molecule has 2 aromatic rings. The molecule has 1 fully saturated rings. The predicted molar refractivity (Wildman–Crippen MR) is 130 cm³/mol. The van der Waals surface area contributed by atoms with E-state index in [0.29, 0.717) is 28.4 Å². The van der Waals surface area contributed by atoms with Crippen molar-refractivity contribution in [2.75, 3.05) is 55.3 Å². The third-order valence-corrected chi connectivity index (χ3v) is 7.51. The lowest BCUT2D eigenvalue weighted by Crippen LogP contribution is -2.46. The fourth-order valence-electron chi connectivity index (χ4n) is 4.56. The molecule has 0 spiro atoms. The number of fused-ring (bicyclic) bond motifs is 1. The summed E-state index contributed by atoms with van der Waals surface area (Å²) in [5.41, 5.74) is 9.58. The fourth-order valence-corrected chi connectivity index (χ4v) is 5.83. The van der Waals surface area contributed by atoms with E-state index in [4.69, 9.17) is 10.5 Å². The molecule has 1 amide bonds. The van der Waals surface area contributed by atoms with Crippen LogP contribution in [0.2, 0.25) is 0 Å². The normalized spacial score (nSPS) is 16.5. The quantitative estimate of drug-likeness (QED) is 0.508. The van der Waals surface area contributed by atoms with Crippen molar-refractivity contribution in [1.29, 1.82) is 0 Å². The predicted octanol–water partition coefficient (Wildman–Crippen LogP) is 3.78. The summed E-state index contributed by atoms with van der Waals surface area (Å²) in [6, 6.07) is 5.50. The van der Waals surface area contributed by atoms with Gasteiger partial charge in [0.25, 0.3) is 5.91 Å². The molecular formula is C24H32N4O3S. The minimum atomic E-state index is -0.356. The van der Waals surface area contributed by atoms with Crippen LogP contribution in [0.4, 0.5) is 16.4 Å². The molecule has 0 bridgehead atoms. The summed E-state index contributed by atoms with van der Waals surface area (Å²) >= 11 is 1.50. The van der Waals surface area contributed by atoms with Crippen LogP contribution < -0.4 is 16.0 Å². The van der Waals surface area contributed by atoms with Crippen LogP contribution in [0.25, 0.3) is 0 Å². The zero-order valence-corrected chi connectivity index (χ0v) is 19.7. The lowest BCUT2D eigenvalue weighted by atomic mass is 9.95. The highest BCUT2D eigenvalue weighted by Gasteiger charge is 2.28. The molecule has 2 heterocycles. The Morgan fingerprint density at radius 1 is 1.12 bits per heavy atom. The molecule has 1 aliphatic carbocycles. The largest absolute Gasteiger partial charge is 0.462 e. The maximum atomic E-state index is 13.4. The Labute approximate surface area is 193 Å². The number of likely N-dealkylation sites (N-methyl/N-ethyl adjacent to an activating group) is 1. The number of piperazine rings is 1. The number of hydrogen-bond acceptors (Lipinski definition) is 7. The Morgan fingerprint density at radius 2 is 1.88 bits per heavy atom. The molecular weight excluding hydrogens is 424 g/mol. The molecule has 1 aromatic heterocycles. The van der Waals surface area contributed by atoms with Crippen LogP contribution in [-0.4, -0.2) is 56.1 Å². The highest BCUT2D eigenvalue weighted by atomic mass is 32.1. The first-order valence-electron chi connectivity index (χ1n) is 11.5. The van der Waals surface area contributed by atoms with E-state index >= 15 is 0 Å². The number of esters is 1. The molecule has 2 aliphatic rings. The minimum absolute atomic E-state index is 0.241. The van der Waals surface area contributed by atoms with Gasteiger partial charge >= 0.3 is 5.97 Å². The Bertz CT molecular complexity index is 995. The number of carbonyl (C=O) groups excluding carboxylic acids is 2. The van der Waals surface area contributed by atoms with Gasteiger partial charge < -0.3 is 25.6 Å². The van der Waals surface area contributed by atoms with Crippen LogP contribution >= 0.6 is 11.3 Å². The Hall–Kier alpha value is -2.58. The number of amides is 1. The minimum Gasteiger partial charge on any atom is -0.462 e. The molecule has 1 aliphatic heterocycles. The van der Waals surface area contributed by atoms with Gasteiger partial charge in [-0.15, -0.1) is 11.3 Å². The first kappa shape index (κ1) is 22.6. The van der Waals surface area contributed by atoms with Crippen LogP contribution in [0.15, 0.2) is 18.2 Å². The van der Waals surface area contributed by atoms with Gasteiger partial charge in [0.05, 0.1) is 17.7 Å². The van der Waals surface area contributed by atoms with Gasteiger partial charge in [0.2, 0.25) is 0 Å². The van der Waals surface area contributed by atoms with Crippen molar-refractivity contribution in [2.24, 2.45) is 0 Å². The number of nitrogens with zero attached hydrogens (tertiary/aromatic N) is 2. The summed E-state index contributed by atoms with van der Waals surface area (Å²) in [5.74, 6) is -0.597. The van der Waals surface area contributed by atoms with Gasteiger partial charge in [-0.05, 0) is 62.9 Å². The third-order valence-electron chi connectivity index (χ3n) is 6.30. The molecule has 8 heteroatoms. The number of ether oxygens (including phenoxy) is 1. The molecule has 4 rings (SSSR count). The van der Waals surface area contributed by atoms with Crippen LogP contribution in [0.5, 0.6) is 0 Å². The van der Waals surface area contributed by atoms with Crippen molar-refractivity contribution in [3.8, 4) is 0 Å². The Balaban J connectivity index is 1.63. The topological polar surface area (TPSA) is 87.9 Å². The molecule has 7 nitrogen and oxygen atoms in total. The molecule has 32 heavy (non-hydrogen) atoms. The molecule has 0 radical (unpaired) electrons. The summed E-state index contributed by atoms with van der Waals surface area (Å²) < 4.78 is 5.32. The second-order valence-corrected chi connectivity index (χ2v) is 9.39. The average Bonchev–Trinajstić information content (AvgIpc) is 3.17. The summed E-state index contributed by atoms with van der Waals surface area (Å²) in [4.78, 5) is 32.0. The van der Waals surface area contributed by atoms with Crippen molar-refractivity contribution < 1.29 is 14.3 Å². The van der Waals surface area contributed by atoms with E-state index in [0.717, 1.165) is 69.7 Å². The van der Waals surface area contributed by atoms with Gasteiger partial charge in [-0.3, -0.25) is 4.79 Å². The highest BCUT2D eigenvalue weighted by Crippen LogP contribution is 2.39. The van der Waals surface area contributed by atoms with Gasteiger partial charge in [0, 0.05) is 42.4 Å². The van der Waals surface area contributed by atoms with Gasteiger partial charge in [-0.25, -0.2) is 4.79 Å². The molecule has 0 saturated carbocycles. The Kier molecular flexibility index (Phi) is 7.01. The number of thiophene rings is 1. The lowest BCUT2D eigenvalue weighted by Gasteiger charge is -2.36. The zero-order chi connectivity index (χ0) is 22.7. The molecule has 172 valence electrons. The first-order valence-corrected chi connectivity index (χ1v) is 12.3. The standard InChI is InChI=1S/C24H32N4O3S/c1-3-27-11-13-28(14-12-27)19-10-9-16(25)15-18(19)22(29)26-23-21(24(30)31-4-2)17-7-5-6-8-20(17)32-23/h9-10,15H,3-8,11-14,25H2,1-2H3,(H,26,29). The van der Waals surface area contributed by atoms with Gasteiger partial charge in [0.15, 0.2) is 0 Å². The number of rotatable bonds is 6. The number of nitrogen functional groups attached to an aromatic ring is 1. The van der Waals surface area contributed by atoms with Crippen LogP contribution in [-0.2, 0) is 17.6 Å². The van der Waals surface area contributed by atoms with Crippen molar-refractivity contribution in [3.63, 3.8) is 0 Å². The number of carbonyl (C=O) groups is 2. The number of anilines is 3. The maximum absolute atomic E-state index is 13.4. The summed E-state index contributed by atoms with van der Waals surface area (Å²) in [7, 11) is 0. The van der Waals surface area contributed by atoms with Gasteiger partial charge in [-0.2, -0.15) is 0 Å². The molecule has 0 unspecified atom stereocenters. The molecule has 1 aromatic carbocycles. The average molecular weight is 457 g/mol. The molecule has 1 saturated heterocycles. The second kappa shape index (κ2) is 9.92. The van der Waals surface area contributed by atoms with E-state index in [9.17, 15) is 9.59 Å². The summed E-state index contributed by atoms with van der Waals surface area (Å²) in [5, 5.41) is 3.62. The number of nitrogens with one attached hydrogen (secondary N) is 1. The fraction of sp³-hybridized carbons (Fsp3) is 0.500. The van der Waals surface area contributed by atoms with E-state index in [1.165, 1.54) is 16.2 Å². The van der Waals surface area contributed by atoms with E-state index in [2.05, 4.69) is 22.0 Å². The maximum Gasteiger partial charge on any atom is 0.341 e. The van der Waals surface area contributed by atoms with Gasteiger partial charge in [0.1, 0.15) is 5.00 Å². The second-order valence-electron chi connectivity index (χ2n) is 8.29. The van der Waals surface area contributed by atoms with Crippen molar-refractivity contribution in [1.82, 2.24) is 4.90 Å². The smallest absolute Gasteiger partial charge is 0.341 e. The van der Waals surface area contributed by atoms with Crippen molar-refractivity contribution in [3.05, 3.63) is 39.8 Å². The first-order chi connectivity index (χ1) is 15.5. The van der Waals surface area contributed by atoms with Crippen molar-refractivity contribution in [2.45, 2.75) is 39.5 Å². The number of aryl methyl sites for hydroxylation is 1. The van der Waals surface area contributed by atoms with Gasteiger partial charge in [-0.1, -0.05) is 6.92 Å². The Morgan fingerprint density at radius 3 is 2.59 bits per heavy atom.